The molecule has 5 atom stereocenters. The van der Waals surface area contributed by atoms with Crippen molar-refractivity contribution in [2.45, 2.75) is 95.0 Å². The molecule has 0 radical (unpaired) electrons. The average Bonchev–Trinajstić information content (AvgIpc) is 3.63. The zero-order valence-corrected chi connectivity index (χ0v) is 23.1. The van der Waals surface area contributed by atoms with Gasteiger partial charge in [-0.2, -0.15) is 0 Å². The van der Waals surface area contributed by atoms with E-state index < -0.39 is 22.6 Å². The minimum absolute atomic E-state index is 0.000605. The number of aliphatic hydroxyl groups is 2. The molecule has 0 amide bonds. The summed E-state index contributed by atoms with van der Waals surface area (Å²) in [6.45, 7) is 0.402. The van der Waals surface area contributed by atoms with Crippen molar-refractivity contribution in [3.63, 3.8) is 0 Å². The van der Waals surface area contributed by atoms with Crippen molar-refractivity contribution in [3.8, 4) is 0 Å². The Labute approximate surface area is 234 Å². The van der Waals surface area contributed by atoms with Crippen LogP contribution in [0, 0.1) is 45.8 Å². The van der Waals surface area contributed by atoms with Gasteiger partial charge in [0.25, 0.3) is 0 Å². The number of hydrogen-bond acceptors (Lipinski definition) is 9. The van der Waals surface area contributed by atoms with Crippen LogP contribution in [-0.2, 0) is 33.3 Å². The Morgan fingerprint density at radius 1 is 0.750 bits per heavy atom. The second kappa shape index (κ2) is 9.38. The van der Waals surface area contributed by atoms with E-state index in [4.69, 9.17) is 18.9 Å². The minimum atomic E-state index is -0.857. The third-order valence-electron chi connectivity index (χ3n) is 12.2. The van der Waals surface area contributed by atoms with E-state index in [9.17, 15) is 29.7 Å². The predicted molar refractivity (Wildman–Crippen MR) is 136 cm³/mol. The van der Waals surface area contributed by atoms with Crippen LogP contribution in [0.5, 0.6) is 0 Å². The Bertz CT molecular complexity index is 1010. The van der Waals surface area contributed by atoms with Crippen molar-refractivity contribution < 1.29 is 48.7 Å². The molecule has 0 aromatic rings. The second-order valence-corrected chi connectivity index (χ2v) is 14.3. The minimum Gasteiger partial charge on any atom is -0.481 e. The lowest BCUT2D eigenvalue weighted by Gasteiger charge is -2.52. The SMILES string of the molecule is O=C(OCC1(COC(=O)C2CCC(O)CC2)COC2(OC1)C1CC3C2CC32CC2(C(=O)O)C1)C1CCC(O)CC1. The van der Waals surface area contributed by atoms with Crippen molar-refractivity contribution in [3.05, 3.63) is 0 Å². The van der Waals surface area contributed by atoms with Crippen LogP contribution in [0.1, 0.15) is 77.0 Å². The van der Waals surface area contributed by atoms with E-state index in [1.165, 1.54) is 0 Å². The number of hydrogen-bond donors (Lipinski definition) is 3. The van der Waals surface area contributed by atoms with Gasteiger partial charge in [-0.05, 0) is 88.4 Å². The van der Waals surface area contributed by atoms with Crippen LogP contribution < -0.4 is 0 Å². The molecule has 7 rings (SSSR count). The lowest BCUT2D eigenvalue weighted by molar-refractivity contribution is -0.352. The molecule has 0 aromatic carbocycles. The first-order valence-electron chi connectivity index (χ1n) is 15.3. The number of ether oxygens (including phenoxy) is 4. The highest BCUT2D eigenvalue weighted by atomic mass is 16.7. The molecule has 0 aromatic heterocycles. The number of carboxylic acid groups (broad SMARTS) is 1. The summed E-state index contributed by atoms with van der Waals surface area (Å²) in [5, 5.41) is 29.6. The maximum absolute atomic E-state index is 12.9. The molecule has 10 heteroatoms. The van der Waals surface area contributed by atoms with Crippen LogP contribution in [0.2, 0.25) is 0 Å². The highest BCUT2D eigenvalue weighted by Gasteiger charge is 2.89. The van der Waals surface area contributed by atoms with Gasteiger partial charge in [0.1, 0.15) is 13.2 Å². The topological polar surface area (TPSA) is 149 Å². The lowest BCUT2D eigenvalue weighted by Crippen LogP contribution is -2.59. The molecule has 40 heavy (non-hydrogen) atoms. The number of fused-ring (bicyclic) bond motifs is 3. The molecule has 1 heterocycles. The van der Waals surface area contributed by atoms with Crippen molar-refractivity contribution in [2.75, 3.05) is 26.4 Å². The van der Waals surface area contributed by atoms with Crippen molar-refractivity contribution in [1.82, 2.24) is 0 Å². The zero-order valence-electron chi connectivity index (χ0n) is 23.1. The fourth-order valence-corrected chi connectivity index (χ4v) is 9.62. The van der Waals surface area contributed by atoms with Gasteiger partial charge in [-0.25, -0.2) is 0 Å². The molecular formula is C30H42O10. The number of carbonyl (C=O) groups is 3. The number of esters is 2. The standard InChI is InChI=1S/C30H42O10/c31-20-5-1-17(2-6-20)24(33)37-13-27(14-38-25(34)18-3-7-21(32)8-4-18)15-39-30(40-16-27)19-9-22-23(30)11-28(22)12-29(28,10-19)26(35)36/h17-23,31-32H,1-16H2,(H,35,36). The van der Waals surface area contributed by atoms with Gasteiger partial charge in [-0.1, -0.05) is 0 Å². The number of aliphatic carboxylic acids is 1. The Kier molecular flexibility index (Phi) is 6.35. The van der Waals surface area contributed by atoms with Gasteiger partial charge in [0.05, 0.1) is 48.1 Å². The Hall–Kier alpha value is -1.75. The van der Waals surface area contributed by atoms with Gasteiger partial charge in [0.2, 0.25) is 0 Å². The van der Waals surface area contributed by atoms with Crippen LogP contribution >= 0.6 is 0 Å². The Morgan fingerprint density at radius 2 is 1.27 bits per heavy atom. The summed E-state index contributed by atoms with van der Waals surface area (Å²) >= 11 is 0. The Morgan fingerprint density at radius 3 is 1.77 bits per heavy atom. The molecule has 7 fully saturated rings. The monoisotopic (exact) mass is 562 g/mol. The summed E-state index contributed by atoms with van der Waals surface area (Å²) in [6.07, 6.45) is 7.03. The molecule has 2 bridgehead atoms. The van der Waals surface area contributed by atoms with E-state index in [-0.39, 0.29) is 79.7 Å². The Balaban J connectivity index is 1.03. The number of carboxylic acids is 1. The van der Waals surface area contributed by atoms with Crippen molar-refractivity contribution in [2.24, 2.45) is 45.8 Å². The summed E-state index contributed by atoms with van der Waals surface area (Å²) in [7, 11) is 0. The van der Waals surface area contributed by atoms with Gasteiger partial charge in [-0.3, -0.25) is 14.4 Å². The fraction of sp³-hybridized carbons (Fsp3) is 0.900. The predicted octanol–water partition coefficient (Wildman–Crippen LogP) is 2.43. The summed E-state index contributed by atoms with van der Waals surface area (Å²) in [4.78, 5) is 38.1. The van der Waals surface area contributed by atoms with Crippen LogP contribution in [0.15, 0.2) is 0 Å². The normalized spacial score (nSPS) is 50.4. The van der Waals surface area contributed by atoms with Crippen molar-refractivity contribution >= 4 is 17.9 Å². The number of rotatable bonds is 7. The van der Waals surface area contributed by atoms with Gasteiger partial charge < -0.3 is 34.3 Å². The molecule has 1 aliphatic heterocycles. The molecule has 6 saturated carbocycles. The van der Waals surface area contributed by atoms with E-state index >= 15 is 0 Å². The van der Waals surface area contributed by atoms with Crippen LogP contribution in [0.3, 0.4) is 0 Å². The van der Waals surface area contributed by atoms with E-state index in [0.717, 1.165) is 19.3 Å². The molecule has 2 spiro atoms. The molecule has 222 valence electrons. The van der Waals surface area contributed by atoms with Gasteiger partial charge >= 0.3 is 17.9 Å². The average molecular weight is 563 g/mol. The van der Waals surface area contributed by atoms with Gasteiger partial charge in [0, 0.05) is 11.8 Å². The van der Waals surface area contributed by atoms with Crippen molar-refractivity contribution in [1.29, 1.82) is 0 Å². The number of carbonyl (C=O) groups excluding carboxylic acids is 2. The first-order valence-corrected chi connectivity index (χ1v) is 15.3. The first-order chi connectivity index (χ1) is 19.1. The molecular weight excluding hydrogens is 520 g/mol. The van der Waals surface area contributed by atoms with Gasteiger partial charge in [-0.15, -0.1) is 0 Å². The maximum atomic E-state index is 12.9. The molecule has 10 nitrogen and oxygen atoms in total. The quantitative estimate of drug-likeness (QED) is 0.395. The van der Waals surface area contributed by atoms with E-state index in [1.54, 1.807) is 0 Å². The third-order valence-corrected chi connectivity index (χ3v) is 12.2. The van der Waals surface area contributed by atoms with Gasteiger partial charge in [0.15, 0.2) is 5.79 Å². The zero-order chi connectivity index (χ0) is 27.9. The van der Waals surface area contributed by atoms with Crippen LogP contribution in [0.25, 0.3) is 0 Å². The van der Waals surface area contributed by atoms with E-state index in [2.05, 4.69) is 0 Å². The molecule has 3 N–H and O–H groups in total. The lowest BCUT2D eigenvalue weighted by atomic mass is 9.58. The molecule has 7 aliphatic rings. The highest BCUT2D eigenvalue weighted by molar-refractivity contribution is 5.81. The maximum Gasteiger partial charge on any atom is 0.310 e. The highest BCUT2D eigenvalue weighted by Crippen LogP contribution is 2.89. The molecule has 5 unspecified atom stereocenters. The van der Waals surface area contributed by atoms with E-state index in [0.29, 0.717) is 63.7 Å². The van der Waals surface area contributed by atoms with Crippen LogP contribution in [0.4, 0.5) is 0 Å². The van der Waals surface area contributed by atoms with E-state index in [1.807, 2.05) is 0 Å². The summed E-state index contributed by atoms with van der Waals surface area (Å²) in [5.41, 5.74) is -1.57. The van der Waals surface area contributed by atoms with Crippen LogP contribution in [-0.4, -0.2) is 77.7 Å². The third kappa shape index (κ3) is 3.92. The summed E-state index contributed by atoms with van der Waals surface area (Å²) in [5.74, 6) is -2.13. The molecule has 6 aliphatic carbocycles. The smallest absolute Gasteiger partial charge is 0.310 e. The largest absolute Gasteiger partial charge is 0.481 e. The summed E-state index contributed by atoms with van der Waals surface area (Å²) < 4.78 is 24.9. The first kappa shape index (κ1) is 27.1. The molecule has 1 saturated heterocycles. The second-order valence-electron chi connectivity index (χ2n) is 14.3. The number of aliphatic hydroxyl groups excluding tert-OH is 2. The summed E-state index contributed by atoms with van der Waals surface area (Å²) in [6, 6.07) is 0. The fourth-order valence-electron chi connectivity index (χ4n) is 9.62.